The SMILES string of the molecule is Cn1c(C(=O)N[C@@H]2COC3(CCCCC3)C2)cc2cccc(Cl)c21. The first-order chi connectivity index (χ1) is 11.6. The van der Waals surface area contributed by atoms with Gasteiger partial charge in [-0.05, 0) is 31.4 Å². The van der Waals surface area contributed by atoms with Crippen LogP contribution in [0.1, 0.15) is 49.0 Å². The minimum atomic E-state index is -0.0498. The molecule has 128 valence electrons. The first-order valence-corrected chi connectivity index (χ1v) is 9.15. The van der Waals surface area contributed by atoms with Crippen LogP contribution < -0.4 is 5.32 Å². The summed E-state index contributed by atoms with van der Waals surface area (Å²) in [5.41, 5.74) is 1.55. The lowest BCUT2D eigenvalue weighted by Gasteiger charge is -2.32. The van der Waals surface area contributed by atoms with Crippen LogP contribution in [0, 0.1) is 0 Å². The number of hydrogen-bond donors (Lipinski definition) is 1. The topological polar surface area (TPSA) is 43.3 Å². The molecule has 5 heteroatoms. The number of carbonyl (C=O) groups is 1. The second kappa shape index (κ2) is 6.08. The molecule has 1 spiro atoms. The van der Waals surface area contributed by atoms with Gasteiger partial charge in [-0.25, -0.2) is 0 Å². The van der Waals surface area contributed by atoms with Crippen molar-refractivity contribution < 1.29 is 9.53 Å². The average molecular weight is 347 g/mol. The maximum absolute atomic E-state index is 12.7. The Morgan fingerprint density at radius 2 is 2.12 bits per heavy atom. The number of aromatic nitrogens is 1. The van der Waals surface area contributed by atoms with Gasteiger partial charge in [0.05, 0.1) is 28.8 Å². The molecule has 1 aliphatic heterocycles. The molecule has 0 unspecified atom stereocenters. The number of carbonyl (C=O) groups excluding carboxylic acids is 1. The molecule has 24 heavy (non-hydrogen) atoms. The molecule has 0 radical (unpaired) electrons. The fourth-order valence-corrected chi connectivity index (χ4v) is 4.63. The van der Waals surface area contributed by atoms with Crippen LogP contribution in [0.15, 0.2) is 24.3 Å². The maximum Gasteiger partial charge on any atom is 0.268 e. The molecule has 2 aliphatic rings. The number of halogens is 1. The summed E-state index contributed by atoms with van der Waals surface area (Å²) in [5, 5.41) is 4.81. The Labute approximate surface area is 147 Å². The van der Waals surface area contributed by atoms with Crippen molar-refractivity contribution in [2.75, 3.05) is 6.61 Å². The van der Waals surface area contributed by atoms with Crippen LogP contribution in [0.2, 0.25) is 5.02 Å². The van der Waals surface area contributed by atoms with E-state index in [9.17, 15) is 4.79 Å². The predicted molar refractivity (Wildman–Crippen MR) is 95.6 cm³/mol. The molecule has 4 rings (SSSR count). The number of aryl methyl sites for hydroxylation is 1. The highest BCUT2D eigenvalue weighted by atomic mass is 35.5. The molecule has 1 aromatic heterocycles. The third-order valence-corrected chi connectivity index (χ3v) is 5.85. The van der Waals surface area contributed by atoms with Gasteiger partial charge in [0.2, 0.25) is 0 Å². The van der Waals surface area contributed by atoms with Crippen molar-refractivity contribution in [3.05, 3.63) is 35.0 Å². The molecule has 1 saturated heterocycles. The first-order valence-electron chi connectivity index (χ1n) is 8.77. The lowest BCUT2D eigenvalue weighted by Crippen LogP contribution is -2.38. The van der Waals surface area contributed by atoms with Crippen LogP contribution in [0.4, 0.5) is 0 Å². The Hall–Kier alpha value is -1.52. The normalized spacial score (nSPS) is 23.0. The highest BCUT2D eigenvalue weighted by Gasteiger charge is 2.41. The molecule has 1 aliphatic carbocycles. The average Bonchev–Trinajstić information content (AvgIpc) is 3.11. The Kier molecular flexibility index (Phi) is 4.05. The first kappa shape index (κ1) is 16.0. The van der Waals surface area contributed by atoms with Crippen molar-refractivity contribution in [2.45, 2.75) is 50.2 Å². The summed E-state index contributed by atoms with van der Waals surface area (Å²) in [5.74, 6) is -0.0498. The van der Waals surface area contributed by atoms with E-state index in [2.05, 4.69) is 5.32 Å². The van der Waals surface area contributed by atoms with Crippen LogP contribution in [0.5, 0.6) is 0 Å². The van der Waals surface area contributed by atoms with Crippen molar-refractivity contribution in [1.29, 1.82) is 0 Å². The summed E-state index contributed by atoms with van der Waals surface area (Å²) >= 11 is 6.28. The standard InChI is InChI=1S/C19H23ClN2O2/c1-22-16(10-13-6-5-7-15(20)17(13)22)18(23)21-14-11-19(24-12-14)8-3-2-4-9-19/h5-7,10,14H,2-4,8-9,11-12H2,1H3,(H,21,23)/t14-/m0/s1. The van der Waals surface area contributed by atoms with Crippen molar-refractivity contribution in [2.24, 2.45) is 7.05 Å². The zero-order valence-electron chi connectivity index (χ0n) is 14.0. The number of hydrogen-bond acceptors (Lipinski definition) is 2. The van der Waals surface area contributed by atoms with Gasteiger partial charge < -0.3 is 14.6 Å². The second-order valence-corrected chi connectivity index (χ2v) is 7.60. The quantitative estimate of drug-likeness (QED) is 0.891. The van der Waals surface area contributed by atoms with Crippen LogP contribution in [0.3, 0.4) is 0 Å². The minimum Gasteiger partial charge on any atom is -0.373 e. The maximum atomic E-state index is 12.7. The Morgan fingerprint density at radius 3 is 2.88 bits per heavy atom. The van der Waals surface area contributed by atoms with Gasteiger partial charge in [-0.15, -0.1) is 0 Å². The van der Waals surface area contributed by atoms with Crippen molar-refractivity contribution in [3.8, 4) is 0 Å². The molecule has 1 amide bonds. The second-order valence-electron chi connectivity index (χ2n) is 7.20. The van der Waals surface area contributed by atoms with Crippen LogP contribution in [0.25, 0.3) is 10.9 Å². The van der Waals surface area contributed by atoms with Crippen LogP contribution in [-0.2, 0) is 11.8 Å². The molecule has 2 heterocycles. The van der Waals surface area contributed by atoms with E-state index < -0.39 is 0 Å². The summed E-state index contributed by atoms with van der Waals surface area (Å²) in [6, 6.07) is 7.74. The summed E-state index contributed by atoms with van der Waals surface area (Å²) in [4.78, 5) is 12.7. The predicted octanol–water partition coefficient (Wildman–Crippen LogP) is 4.05. The van der Waals surface area contributed by atoms with Crippen LogP contribution >= 0.6 is 11.6 Å². The lowest BCUT2D eigenvalue weighted by molar-refractivity contribution is -0.0246. The highest BCUT2D eigenvalue weighted by molar-refractivity contribution is 6.35. The third kappa shape index (κ3) is 2.72. The van der Waals surface area contributed by atoms with E-state index in [0.29, 0.717) is 17.3 Å². The van der Waals surface area contributed by atoms with Crippen molar-refractivity contribution in [3.63, 3.8) is 0 Å². The van der Waals surface area contributed by atoms with Crippen LogP contribution in [-0.4, -0.2) is 28.7 Å². The van der Waals surface area contributed by atoms with Gasteiger partial charge in [0.25, 0.3) is 5.91 Å². The third-order valence-electron chi connectivity index (χ3n) is 5.55. The number of amides is 1. The molecule has 2 fully saturated rings. The zero-order valence-corrected chi connectivity index (χ0v) is 14.7. The monoisotopic (exact) mass is 346 g/mol. The summed E-state index contributed by atoms with van der Waals surface area (Å²) < 4.78 is 7.97. The molecular weight excluding hydrogens is 324 g/mol. The van der Waals surface area contributed by atoms with Gasteiger partial charge in [-0.2, -0.15) is 0 Å². The smallest absolute Gasteiger partial charge is 0.268 e. The van der Waals surface area contributed by atoms with Gasteiger partial charge in [-0.3, -0.25) is 4.79 Å². The number of fused-ring (bicyclic) bond motifs is 1. The van der Waals surface area contributed by atoms with Gasteiger partial charge in [0.15, 0.2) is 0 Å². The van der Waals surface area contributed by atoms with E-state index in [4.69, 9.17) is 16.3 Å². The molecule has 1 saturated carbocycles. The van der Waals surface area contributed by atoms with Crippen molar-refractivity contribution >= 4 is 28.4 Å². The molecule has 4 nitrogen and oxygen atoms in total. The molecule has 1 N–H and O–H groups in total. The molecule has 0 bridgehead atoms. The zero-order chi connectivity index (χ0) is 16.7. The summed E-state index contributed by atoms with van der Waals surface area (Å²) in [7, 11) is 1.89. The molecule has 1 aromatic carbocycles. The number of ether oxygens (including phenoxy) is 1. The van der Waals surface area contributed by atoms with Gasteiger partial charge in [0.1, 0.15) is 5.69 Å². The number of benzene rings is 1. The van der Waals surface area contributed by atoms with Gasteiger partial charge >= 0.3 is 0 Å². The van der Waals surface area contributed by atoms with Gasteiger partial charge in [-0.1, -0.05) is 43.0 Å². The fourth-order valence-electron chi connectivity index (χ4n) is 4.33. The number of rotatable bonds is 2. The van der Waals surface area contributed by atoms with Crippen molar-refractivity contribution in [1.82, 2.24) is 9.88 Å². The Morgan fingerprint density at radius 1 is 1.33 bits per heavy atom. The lowest BCUT2D eigenvalue weighted by atomic mass is 9.82. The molecule has 2 aromatic rings. The highest BCUT2D eigenvalue weighted by Crippen LogP contribution is 2.39. The largest absolute Gasteiger partial charge is 0.373 e. The molecule has 1 atom stereocenters. The molecular formula is C19H23ClN2O2. The number of para-hydroxylation sites is 1. The number of nitrogens with zero attached hydrogens (tertiary/aromatic N) is 1. The van der Waals surface area contributed by atoms with E-state index in [0.717, 1.165) is 30.2 Å². The Bertz CT molecular complexity index is 777. The summed E-state index contributed by atoms with van der Waals surface area (Å²) in [6.45, 7) is 0.621. The minimum absolute atomic E-state index is 0.0123. The Balaban J connectivity index is 1.51. The fraction of sp³-hybridized carbons (Fsp3) is 0.526. The number of nitrogens with one attached hydrogen (secondary N) is 1. The van der Waals surface area contributed by atoms with Gasteiger partial charge in [0, 0.05) is 12.4 Å². The van der Waals surface area contributed by atoms with E-state index in [1.54, 1.807) is 0 Å². The van der Waals surface area contributed by atoms with E-state index in [1.165, 1.54) is 19.3 Å². The summed E-state index contributed by atoms with van der Waals surface area (Å²) in [6.07, 6.45) is 6.97. The van der Waals surface area contributed by atoms with E-state index in [-0.39, 0.29) is 17.6 Å². The van der Waals surface area contributed by atoms with E-state index in [1.807, 2.05) is 35.9 Å². The van der Waals surface area contributed by atoms with E-state index >= 15 is 0 Å².